The Kier molecular flexibility index (Phi) is 6.50. The fourth-order valence-electron chi connectivity index (χ4n) is 3.34. The van der Waals surface area contributed by atoms with Crippen LogP contribution < -0.4 is 14.8 Å². The topological polar surface area (TPSA) is 50.8 Å². The maximum absolute atomic E-state index is 12.3. The summed E-state index contributed by atoms with van der Waals surface area (Å²) in [5.41, 5.74) is 1.24. The summed E-state index contributed by atoms with van der Waals surface area (Å²) in [7, 11) is 1.67. The lowest BCUT2D eigenvalue weighted by Gasteiger charge is -2.24. The first-order chi connectivity index (χ1) is 12.8. The molecule has 1 N–H and O–H groups in total. The van der Waals surface area contributed by atoms with Crippen LogP contribution >= 0.6 is 0 Å². The van der Waals surface area contributed by atoms with E-state index in [1.54, 1.807) is 7.11 Å². The molecule has 1 aliphatic rings. The Morgan fingerprint density at radius 1 is 1.12 bits per heavy atom. The van der Waals surface area contributed by atoms with Crippen LogP contribution in [0.4, 0.5) is 0 Å². The van der Waals surface area contributed by atoms with Gasteiger partial charge in [0.25, 0.3) is 0 Å². The largest absolute Gasteiger partial charge is 0.497 e. The molecule has 2 aromatic rings. The second-order valence-corrected chi connectivity index (χ2v) is 6.41. The smallest absolute Gasteiger partial charge is 0.234 e. The summed E-state index contributed by atoms with van der Waals surface area (Å²) in [6, 6.07) is 18.1. The number of hydrogen-bond donors (Lipinski definition) is 1. The molecule has 0 bridgehead atoms. The zero-order valence-corrected chi connectivity index (χ0v) is 15.2. The standard InChI is InChI=1S/C21H26N2O3/c1-25-18-11-9-17(10-12-18)20-8-5-14-23(20)16-21(24)22-13-15-26-19-6-3-2-4-7-19/h2-4,6-7,9-12,20H,5,8,13-16H2,1H3,(H,22,24). The van der Waals surface area contributed by atoms with E-state index in [0.717, 1.165) is 30.9 Å². The Bertz CT molecular complexity index is 688. The van der Waals surface area contributed by atoms with Gasteiger partial charge in [-0.05, 0) is 49.2 Å². The maximum atomic E-state index is 12.3. The minimum atomic E-state index is 0.0436. The Labute approximate surface area is 154 Å². The van der Waals surface area contributed by atoms with E-state index in [1.165, 1.54) is 5.56 Å². The number of amides is 1. The number of ether oxygens (including phenoxy) is 2. The van der Waals surface area contributed by atoms with Gasteiger partial charge in [-0.25, -0.2) is 0 Å². The number of benzene rings is 2. The molecule has 1 aliphatic heterocycles. The minimum absolute atomic E-state index is 0.0436. The number of carbonyl (C=O) groups is 1. The van der Waals surface area contributed by atoms with Gasteiger partial charge in [-0.1, -0.05) is 30.3 Å². The van der Waals surface area contributed by atoms with Crippen molar-refractivity contribution in [2.75, 3.05) is 33.4 Å². The van der Waals surface area contributed by atoms with Crippen LogP contribution in [0.2, 0.25) is 0 Å². The van der Waals surface area contributed by atoms with Crippen LogP contribution in [-0.4, -0.2) is 44.2 Å². The summed E-state index contributed by atoms with van der Waals surface area (Å²) < 4.78 is 10.8. The molecule has 1 unspecified atom stereocenters. The molecule has 0 radical (unpaired) electrons. The lowest BCUT2D eigenvalue weighted by molar-refractivity contribution is -0.122. The molecular weight excluding hydrogens is 328 g/mol. The van der Waals surface area contributed by atoms with Crippen molar-refractivity contribution < 1.29 is 14.3 Å². The van der Waals surface area contributed by atoms with Crippen molar-refractivity contribution in [2.24, 2.45) is 0 Å². The molecule has 3 rings (SSSR count). The molecule has 1 fully saturated rings. The van der Waals surface area contributed by atoms with Crippen LogP contribution in [0.3, 0.4) is 0 Å². The van der Waals surface area contributed by atoms with E-state index >= 15 is 0 Å². The number of nitrogens with one attached hydrogen (secondary N) is 1. The summed E-state index contributed by atoms with van der Waals surface area (Å²) >= 11 is 0. The van der Waals surface area contributed by atoms with Gasteiger partial charge < -0.3 is 14.8 Å². The number of nitrogens with zero attached hydrogens (tertiary/aromatic N) is 1. The van der Waals surface area contributed by atoms with E-state index in [4.69, 9.17) is 9.47 Å². The summed E-state index contributed by atoms with van der Waals surface area (Å²) in [4.78, 5) is 14.5. The molecule has 1 saturated heterocycles. The van der Waals surface area contributed by atoms with Crippen LogP contribution in [0.5, 0.6) is 11.5 Å². The predicted octanol–water partition coefficient (Wildman–Crippen LogP) is 3.03. The molecular formula is C21H26N2O3. The zero-order valence-electron chi connectivity index (χ0n) is 15.2. The second kappa shape index (κ2) is 9.25. The van der Waals surface area contributed by atoms with E-state index in [0.29, 0.717) is 25.7 Å². The van der Waals surface area contributed by atoms with Crippen molar-refractivity contribution in [3.05, 3.63) is 60.2 Å². The van der Waals surface area contributed by atoms with Gasteiger partial charge in [0.2, 0.25) is 5.91 Å². The average molecular weight is 354 g/mol. The molecule has 138 valence electrons. The predicted molar refractivity (Wildman–Crippen MR) is 101 cm³/mol. The van der Waals surface area contributed by atoms with E-state index in [2.05, 4.69) is 22.3 Å². The van der Waals surface area contributed by atoms with E-state index in [9.17, 15) is 4.79 Å². The highest BCUT2D eigenvalue weighted by molar-refractivity contribution is 5.78. The number of para-hydroxylation sites is 1. The van der Waals surface area contributed by atoms with Crippen LogP contribution in [0.1, 0.15) is 24.4 Å². The van der Waals surface area contributed by atoms with Crippen molar-refractivity contribution in [2.45, 2.75) is 18.9 Å². The number of likely N-dealkylation sites (tertiary alicyclic amines) is 1. The summed E-state index contributed by atoms with van der Waals surface area (Å²) in [6.45, 7) is 2.35. The van der Waals surface area contributed by atoms with Crippen molar-refractivity contribution in [1.82, 2.24) is 10.2 Å². The number of hydrogen-bond acceptors (Lipinski definition) is 4. The van der Waals surface area contributed by atoms with E-state index in [-0.39, 0.29) is 5.91 Å². The maximum Gasteiger partial charge on any atom is 0.234 e. The molecule has 26 heavy (non-hydrogen) atoms. The molecule has 5 nitrogen and oxygen atoms in total. The monoisotopic (exact) mass is 354 g/mol. The Hall–Kier alpha value is -2.53. The number of carbonyl (C=O) groups excluding carboxylic acids is 1. The van der Waals surface area contributed by atoms with E-state index < -0.39 is 0 Å². The third-order valence-corrected chi connectivity index (χ3v) is 4.65. The summed E-state index contributed by atoms with van der Waals surface area (Å²) in [6.07, 6.45) is 2.19. The van der Waals surface area contributed by atoms with Crippen LogP contribution in [0, 0.1) is 0 Å². The van der Waals surface area contributed by atoms with Gasteiger partial charge >= 0.3 is 0 Å². The number of rotatable bonds is 8. The van der Waals surface area contributed by atoms with Crippen molar-refractivity contribution >= 4 is 5.91 Å². The summed E-state index contributed by atoms with van der Waals surface area (Å²) in [5, 5.41) is 2.94. The van der Waals surface area contributed by atoms with E-state index in [1.807, 2.05) is 42.5 Å². The van der Waals surface area contributed by atoms with Gasteiger partial charge in [0.15, 0.2) is 0 Å². The fourth-order valence-corrected chi connectivity index (χ4v) is 3.34. The zero-order chi connectivity index (χ0) is 18.2. The molecule has 1 amide bonds. The van der Waals surface area contributed by atoms with Crippen LogP contribution in [0.15, 0.2) is 54.6 Å². The molecule has 2 aromatic carbocycles. The molecule has 0 aromatic heterocycles. The van der Waals surface area contributed by atoms with Gasteiger partial charge in [0.1, 0.15) is 18.1 Å². The molecule has 0 spiro atoms. The average Bonchev–Trinajstić information content (AvgIpc) is 3.14. The second-order valence-electron chi connectivity index (χ2n) is 6.41. The van der Waals surface area contributed by atoms with Gasteiger partial charge in [-0.15, -0.1) is 0 Å². The lowest BCUT2D eigenvalue weighted by Crippen LogP contribution is -2.38. The van der Waals surface area contributed by atoms with Crippen molar-refractivity contribution in [3.8, 4) is 11.5 Å². The highest BCUT2D eigenvalue weighted by Gasteiger charge is 2.27. The third-order valence-electron chi connectivity index (χ3n) is 4.65. The Morgan fingerprint density at radius 2 is 1.88 bits per heavy atom. The third kappa shape index (κ3) is 4.99. The lowest BCUT2D eigenvalue weighted by atomic mass is 10.0. The number of methoxy groups -OCH3 is 1. The van der Waals surface area contributed by atoms with Gasteiger partial charge in [0.05, 0.1) is 20.2 Å². The molecule has 1 atom stereocenters. The quantitative estimate of drug-likeness (QED) is 0.741. The minimum Gasteiger partial charge on any atom is -0.497 e. The molecule has 5 heteroatoms. The highest BCUT2D eigenvalue weighted by Crippen LogP contribution is 2.32. The molecule has 1 heterocycles. The van der Waals surface area contributed by atoms with Gasteiger partial charge in [0, 0.05) is 6.04 Å². The SMILES string of the molecule is COc1ccc(C2CCCN2CC(=O)NCCOc2ccccc2)cc1. The first-order valence-electron chi connectivity index (χ1n) is 9.09. The molecule has 0 aliphatic carbocycles. The highest BCUT2D eigenvalue weighted by atomic mass is 16.5. The Morgan fingerprint density at radius 3 is 2.62 bits per heavy atom. The van der Waals surface area contributed by atoms with Crippen LogP contribution in [-0.2, 0) is 4.79 Å². The fraction of sp³-hybridized carbons (Fsp3) is 0.381. The molecule has 0 saturated carbocycles. The summed E-state index contributed by atoms with van der Waals surface area (Å²) in [5.74, 6) is 1.72. The van der Waals surface area contributed by atoms with Gasteiger partial charge in [-0.2, -0.15) is 0 Å². The normalized spacial score (nSPS) is 17.0. The Balaban J connectivity index is 1.43. The first-order valence-corrected chi connectivity index (χ1v) is 9.09. The van der Waals surface area contributed by atoms with Crippen molar-refractivity contribution in [3.63, 3.8) is 0 Å². The van der Waals surface area contributed by atoms with Crippen molar-refractivity contribution in [1.29, 1.82) is 0 Å². The first kappa shape index (κ1) is 18.3. The van der Waals surface area contributed by atoms with Crippen LogP contribution in [0.25, 0.3) is 0 Å². The van der Waals surface area contributed by atoms with Gasteiger partial charge in [-0.3, -0.25) is 9.69 Å².